The lowest BCUT2D eigenvalue weighted by Crippen LogP contribution is -2.10. The molecule has 0 fully saturated rings. The predicted molar refractivity (Wildman–Crippen MR) is 521 cm³/mol. The van der Waals surface area contributed by atoms with Crippen molar-refractivity contribution in [2.75, 3.05) is 0 Å². The minimum Gasteiger partial charge on any atom is -0.0622 e. The highest BCUT2D eigenvalue weighted by atomic mass is 14.4. The van der Waals surface area contributed by atoms with E-state index in [1.54, 1.807) is 0 Å². The zero-order valence-corrected chi connectivity index (χ0v) is 74.8. The van der Waals surface area contributed by atoms with E-state index in [2.05, 4.69) is 432 Å². The second-order valence-electron chi connectivity index (χ2n) is 38.1. The number of hydrogen-bond acceptors (Lipinski definition) is 0. The molecule has 0 saturated heterocycles. The summed E-state index contributed by atoms with van der Waals surface area (Å²) in [7, 11) is 0. The van der Waals surface area contributed by atoms with Gasteiger partial charge in [-0.25, -0.2) is 0 Å². The van der Waals surface area contributed by atoms with Gasteiger partial charge in [0.05, 0.1) is 0 Å². The second-order valence-corrected chi connectivity index (χ2v) is 38.1. The minimum absolute atomic E-state index is 0.0473. The molecule has 0 heteroatoms. The quantitative estimate of drug-likeness (QED) is 0.0751. The van der Waals surface area contributed by atoms with Crippen LogP contribution in [-0.4, -0.2) is 0 Å². The maximum atomic E-state index is 2.59. The third-order valence-corrected chi connectivity index (χ3v) is 25.7. The van der Waals surface area contributed by atoms with Gasteiger partial charge in [0.1, 0.15) is 0 Å². The minimum atomic E-state index is 0.0473. The lowest BCUT2D eigenvalue weighted by molar-refractivity contribution is 0.590. The van der Waals surface area contributed by atoms with E-state index >= 15 is 0 Å². The molecule has 596 valence electrons. The Balaban J connectivity index is 0.000000185. The molecule has 0 nitrogen and oxygen atoms in total. The molecular formula is C118H124. The summed E-state index contributed by atoms with van der Waals surface area (Å²) in [5.74, 6) is 4.00. The normalized spacial score (nSPS) is 12.3. The molecule has 0 spiro atoms. The molecule has 0 amide bonds. The van der Waals surface area contributed by atoms with Crippen molar-refractivity contribution in [3.63, 3.8) is 0 Å². The van der Waals surface area contributed by atoms with Crippen molar-refractivity contribution in [2.45, 2.75) is 224 Å². The first-order valence-corrected chi connectivity index (χ1v) is 44.3. The Morgan fingerprint density at radius 3 is 0.534 bits per heavy atom. The zero-order chi connectivity index (χ0) is 83.6. The van der Waals surface area contributed by atoms with Crippen LogP contribution in [0.15, 0.2) is 273 Å². The molecule has 0 aromatic heterocycles. The average molecular weight is 1540 g/mol. The summed E-state index contributed by atoms with van der Waals surface area (Å²) in [6, 6.07) is 106. The van der Waals surface area contributed by atoms with Crippen molar-refractivity contribution in [3.8, 4) is 89.0 Å². The summed E-state index contributed by atoms with van der Waals surface area (Å²) < 4.78 is 0. The van der Waals surface area contributed by atoms with Crippen LogP contribution in [0.25, 0.3) is 154 Å². The lowest BCUT2D eigenvalue weighted by Gasteiger charge is -2.28. The Morgan fingerprint density at radius 1 is 0.161 bits per heavy atom. The van der Waals surface area contributed by atoms with Crippen LogP contribution in [0.4, 0.5) is 0 Å². The highest BCUT2D eigenvalue weighted by Gasteiger charge is 2.32. The van der Waals surface area contributed by atoms with Crippen LogP contribution in [0.2, 0.25) is 0 Å². The molecule has 16 aromatic carbocycles. The molecule has 0 bridgehead atoms. The summed E-state index contributed by atoms with van der Waals surface area (Å²) in [5, 5.41) is 15.9. The second kappa shape index (κ2) is 33.5. The van der Waals surface area contributed by atoms with Crippen LogP contribution < -0.4 is 0 Å². The van der Waals surface area contributed by atoms with Gasteiger partial charge in [-0.15, -0.1) is 0 Å². The highest BCUT2D eigenvalue weighted by molar-refractivity contribution is 6.36. The monoisotopic (exact) mass is 1540 g/mol. The maximum absolute atomic E-state index is 2.59. The number of rotatable bonds is 18. The molecule has 0 aliphatic heterocycles. The van der Waals surface area contributed by atoms with Crippen molar-refractivity contribution in [3.05, 3.63) is 334 Å². The van der Waals surface area contributed by atoms with Gasteiger partial charge >= 0.3 is 0 Å². The molecule has 0 aliphatic carbocycles. The van der Waals surface area contributed by atoms with Crippen LogP contribution in [0.5, 0.6) is 0 Å². The summed E-state index contributed by atoms with van der Waals surface area (Å²) in [6.07, 6.45) is 0. The third kappa shape index (κ3) is 15.4. The molecule has 0 radical (unpaired) electrons. The molecule has 16 aromatic rings. The van der Waals surface area contributed by atoms with E-state index in [1.165, 1.54) is 215 Å². The Labute approximate surface area is 706 Å². The van der Waals surface area contributed by atoms with E-state index in [1.807, 2.05) is 0 Å². The van der Waals surface area contributed by atoms with Crippen molar-refractivity contribution >= 4 is 64.6 Å². The highest BCUT2D eigenvalue weighted by Crippen LogP contribution is 2.58. The molecule has 16 rings (SSSR count). The van der Waals surface area contributed by atoms with Crippen LogP contribution in [0, 0.1) is 0 Å². The van der Waals surface area contributed by atoms with Gasteiger partial charge in [-0.3, -0.25) is 0 Å². The summed E-state index contributed by atoms with van der Waals surface area (Å²) in [5.41, 5.74) is 36.0. The first-order valence-electron chi connectivity index (χ1n) is 44.3. The van der Waals surface area contributed by atoms with Gasteiger partial charge in [-0.05, 0) is 316 Å². The van der Waals surface area contributed by atoms with Crippen LogP contribution in [0.1, 0.15) is 280 Å². The largest absolute Gasteiger partial charge is 0.0622 e. The van der Waals surface area contributed by atoms with E-state index in [4.69, 9.17) is 0 Å². The molecule has 0 N–H and O–H groups in total. The van der Waals surface area contributed by atoms with Crippen molar-refractivity contribution in [1.82, 2.24) is 0 Å². The molecule has 0 saturated carbocycles. The van der Waals surface area contributed by atoms with Gasteiger partial charge in [0.25, 0.3) is 0 Å². The molecule has 0 unspecified atom stereocenters. The lowest BCUT2D eigenvalue weighted by atomic mass is 9.75. The molecular weight excluding hydrogens is 1420 g/mol. The first kappa shape index (κ1) is 82.2. The van der Waals surface area contributed by atoms with Crippen molar-refractivity contribution < 1.29 is 0 Å². The van der Waals surface area contributed by atoms with Gasteiger partial charge in [-0.1, -0.05) is 396 Å². The standard InChI is InChI=1S/C60H64.C58H60/c1-35(2)41-23-27-45(28-24-41)57-53-33-49(39(9)10)47(37(5)6)31-51(53)56(44-21-17-14-18-22-44)60-58(46-29-25-42(26-30-46)36(3)4)54-34-50(40(11)12)48(38(7)8)32-52(54)55(59(57)60)43-19-15-13-16-20-43;1-35(2)39-22-24-42(25-23-39)54-49-32-44(36(3)4)28-31-46(49)52(40-18-14-12-15-19-40)56-55(43-26-29-45(30-27-43)58(9,10)11)51-34-48(38(7)8)47(37(5)6)33-50(51)53(57(54)56)41-20-16-13-17-21-41/h13-40H,1-12H3;12-38H,1-11H3. The number of fused-ring (bicyclic) bond motifs is 6. The first-order chi connectivity index (χ1) is 56.5. The topological polar surface area (TPSA) is 0 Å². The van der Waals surface area contributed by atoms with Crippen LogP contribution in [0.3, 0.4) is 0 Å². The maximum Gasteiger partial charge on any atom is -0.000139 e. The van der Waals surface area contributed by atoms with Gasteiger partial charge in [-0.2, -0.15) is 0 Å². The van der Waals surface area contributed by atoms with E-state index in [-0.39, 0.29) is 5.41 Å². The predicted octanol–water partition coefficient (Wildman–Crippen LogP) is 36.2. The number of benzene rings is 16. The summed E-state index contributed by atoms with van der Waals surface area (Å²) in [6.45, 7) is 53.7. The van der Waals surface area contributed by atoms with E-state index in [9.17, 15) is 0 Å². The Morgan fingerprint density at radius 2 is 0.339 bits per heavy atom. The molecule has 0 aliphatic rings. The van der Waals surface area contributed by atoms with Gasteiger partial charge in [0.2, 0.25) is 0 Å². The van der Waals surface area contributed by atoms with Crippen molar-refractivity contribution in [1.29, 1.82) is 0 Å². The SMILES string of the molecule is CC(C)c1ccc(-c2c3cc(C(C)C)c(C(C)C)cc3c(-c3ccccc3)c3c(-c4ccc(C(C)C)cc4)c4cc(C(C)C)c(C(C)C)cc4c(-c4ccccc4)c23)cc1.CC(C)c1ccc(-c2c3cc(C(C)C)ccc3c(-c3ccccc3)c3c(-c4ccc(C(C)(C)C)cc4)c4cc(C(C)C)c(C(C)C)cc4c(-c4ccccc4)c23)cc1. The Bertz CT molecular complexity index is 6150. The van der Waals surface area contributed by atoms with Crippen LogP contribution >= 0.6 is 0 Å². The molecule has 0 atom stereocenters. The third-order valence-electron chi connectivity index (χ3n) is 25.7. The zero-order valence-electron chi connectivity index (χ0n) is 74.8. The Kier molecular flexibility index (Phi) is 23.3. The smallest absolute Gasteiger partial charge is 0.000139 e. The average Bonchev–Trinajstić information content (AvgIpc) is 0.696. The molecule has 118 heavy (non-hydrogen) atoms. The van der Waals surface area contributed by atoms with Gasteiger partial charge < -0.3 is 0 Å². The fourth-order valence-corrected chi connectivity index (χ4v) is 19.1. The van der Waals surface area contributed by atoms with Gasteiger partial charge in [0, 0.05) is 0 Å². The van der Waals surface area contributed by atoms with Crippen molar-refractivity contribution in [2.24, 2.45) is 0 Å². The molecule has 0 heterocycles. The van der Waals surface area contributed by atoms with E-state index in [0.29, 0.717) is 59.2 Å². The van der Waals surface area contributed by atoms with E-state index < -0.39 is 0 Å². The van der Waals surface area contributed by atoms with Gasteiger partial charge in [0.15, 0.2) is 0 Å². The Hall–Kier alpha value is -10.9. The fourth-order valence-electron chi connectivity index (χ4n) is 19.1. The fraction of sp³-hybridized carbons (Fsp3) is 0.288. The summed E-state index contributed by atoms with van der Waals surface area (Å²) in [4.78, 5) is 0. The number of hydrogen-bond donors (Lipinski definition) is 0. The van der Waals surface area contributed by atoms with E-state index in [0.717, 1.165) is 0 Å². The summed E-state index contributed by atoms with van der Waals surface area (Å²) >= 11 is 0. The van der Waals surface area contributed by atoms with Crippen LogP contribution in [-0.2, 0) is 5.41 Å².